The number of nitrogens with zero attached hydrogens (tertiary/aromatic N) is 2. The summed E-state index contributed by atoms with van der Waals surface area (Å²) in [6, 6.07) is 28.0. The molecule has 0 radical (unpaired) electrons. The molecule has 0 aliphatic carbocycles. The lowest BCUT2D eigenvalue weighted by atomic mass is 10.2. The van der Waals surface area contributed by atoms with Crippen LogP contribution in [0.25, 0.3) is 0 Å². The Kier molecular flexibility index (Phi) is 22.4. The van der Waals surface area contributed by atoms with Crippen LogP contribution in [0.5, 0.6) is 0 Å². The average molecular weight is 834 g/mol. The summed E-state index contributed by atoms with van der Waals surface area (Å²) in [4.78, 5) is 88.9. The number of rotatable bonds is 26. The zero-order valence-corrected chi connectivity index (χ0v) is 34.3. The van der Waals surface area contributed by atoms with Gasteiger partial charge in [-0.3, -0.25) is 14.4 Å². The largest absolute Gasteiger partial charge is 0.461 e. The van der Waals surface area contributed by atoms with E-state index in [1.165, 1.54) is 11.8 Å². The Hall–Kier alpha value is -6.45. The van der Waals surface area contributed by atoms with Gasteiger partial charge in [-0.15, -0.1) is 0 Å². The zero-order valence-electron chi connectivity index (χ0n) is 34.3. The van der Waals surface area contributed by atoms with Crippen molar-refractivity contribution >= 4 is 42.0 Å². The van der Waals surface area contributed by atoms with E-state index < -0.39 is 55.3 Å². The number of carbonyl (C=O) groups excluding carboxylic acids is 7. The molecular formula is C44H55N3O13. The first-order valence-electron chi connectivity index (χ1n) is 19.9. The van der Waals surface area contributed by atoms with E-state index in [0.29, 0.717) is 51.7 Å². The quantitative estimate of drug-likeness (QED) is 0.0606. The highest BCUT2D eigenvalue weighted by atomic mass is 16.6. The highest BCUT2D eigenvalue weighted by Gasteiger charge is 2.21. The number of nitrogens with one attached hydrogen (secondary N) is 1. The Balaban J connectivity index is 1.49. The standard InChI is InChI=1S/C44H55N3O13/c1-34(60-41(51)33-57-40(50)32-55-35(2)48)42(52)45-24-16-28-47(44(54)59-31-38-21-10-5-11-22-38)27-15-14-26-46(43(53)58-30-37-19-8-4-9-20-37)25-13-12-23-39(49)56-29-36-17-6-3-7-18-36/h3-11,17-22,34H,12-16,23-33H2,1-2H3,(H,45,52). The molecule has 0 aliphatic rings. The van der Waals surface area contributed by atoms with E-state index in [1.807, 2.05) is 91.0 Å². The number of hydrogen-bond acceptors (Lipinski definition) is 13. The van der Waals surface area contributed by atoms with Gasteiger partial charge in [-0.1, -0.05) is 91.0 Å². The van der Waals surface area contributed by atoms with Gasteiger partial charge in [0.25, 0.3) is 5.91 Å². The zero-order chi connectivity index (χ0) is 43.4. The molecule has 0 saturated carbocycles. The van der Waals surface area contributed by atoms with Crippen LogP contribution in [-0.2, 0) is 72.2 Å². The number of benzene rings is 3. The Morgan fingerprint density at radius 2 is 0.950 bits per heavy atom. The first-order chi connectivity index (χ1) is 29.0. The van der Waals surface area contributed by atoms with Crippen molar-refractivity contribution in [3.8, 4) is 0 Å². The predicted octanol–water partition coefficient (Wildman–Crippen LogP) is 5.50. The highest BCUT2D eigenvalue weighted by Crippen LogP contribution is 2.11. The van der Waals surface area contributed by atoms with Crippen LogP contribution >= 0.6 is 0 Å². The van der Waals surface area contributed by atoms with Crippen molar-refractivity contribution in [1.82, 2.24) is 15.1 Å². The number of amides is 3. The molecule has 60 heavy (non-hydrogen) atoms. The molecule has 0 bridgehead atoms. The molecule has 3 aromatic rings. The lowest BCUT2D eigenvalue weighted by Gasteiger charge is -2.25. The first kappa shape index (κ1) is 47.9. The summed E-state index contributed by atoms with van der Waals surface area (Å²) in [5.41, 5.74) is 2.56. The first-order valence-corrected chi connectivity index (χ1v) is 19.9. The maximum atomic E-state index is 13.2. The van der Waals surface area contributed by atoms with Gasteiger partial charge in [0.2, 0.25) is 0 Å². The van der Waals surface area contributed by atoms with Crippen LogP contribution in [0, 0.1) is 0 Å². The van der Waals surface area contributed by atoms with Crippen LogP contribution in [0.3, 0.4) is 0 Å². The van der Waals surface area contributed by atoms with Crippen LogP contribution < -0.4 is 5.32 Å². The van der Waals surface area contributed by atoms with E-state index in [4.69, 9.17) is 18.9 Å². The lowest BCUT2D eigenvalue weighted by molar-refractivity contribution is -0.167. The van der Waals surface area contributed by atoms with Gasteiger partial charge in [-0.05, 0) is 55.7 Å². The van der Waals surface area contributed by atoms with Crippen LogP contribution in [0.4, 0.5) is 9.59 Å². The normalized spacial score (nSPS) is 11.0. The molecule has 3 amide bonds. The molecule has 0 spiro atoms. The summed E-state index contributed by atoms with van der Waals surface area (Å²) < 4.78 is 30.7. The molecule has 0 aromatic heterocycles. The number of unbranched alkanes of at least 4 members (excludes halogenated alkanes) is 2. The summed E-state index contributed by atoms with van der Waals surface area (Å²) in [5.74, 6) is -3.52. The molecule has 0 aliphatic heterocycles. The van der Waals surface area contributed by atoms with Crippen LogP contribution in [-0.4, -0.2) is 104 Å². The molecule has 1 N–H and O–H groups in total. The smallest absolute Gasteiger partial charge is 0.410 e. The van der Waals surface area contributed by atoms with Crippen LogP contribution in [0.2, 0.25) is 0 Å². The van der Waals surface area contributed by atoms with Gasteiger partial charge in [0.05, 0.1) is 0 Å². The SMILES string of the molecule is CC(=O)OCC(=O)OCC(=O)OC(C)C(=O)NCCCN(CCCCN(CCCCC(=O)OCc1ccccc1)C(=O)OCc1ccccc1)C(=O)OCc1ccccc1. The van der Waals surface area contributed by atoms with E-state index in [2.05, 4.69) is 14.8 Å². The fourth-order valence-electron chi connectivity index (χ4n) is 5.45. The molecule has 3 rings (SSSR count). The average Bonchev–Trinajstić information content (AvgIpc) is 3.26. The maximum Gasteiger partial charge on any atom is 0.410 e. The molecule has 324 valence electrons. The second kappa shape index (κ2) is 28.1. The minimum Gasteiger partial charge on any atom is -0.461 e. The van der Waals surface area contributed by atoms with Crippen molar-refractivity contribution in [3.05, 3.63) is 108 Å². The van der Waals surface area contributed by atoms with E-state index in [1.54, 1.807) is 4.90 Å². The highest BCUT2D eigenvalue weighted by molar-refractivity contribution is 5.84. The van der Waals surface area contributed by atoms with Crippen molar-refractivity contribution in [2.45, 2.75) is 78.3 Å². The topological polar surface area (TPSA) is 193 Å². The van der Waals surface area contributed by atoms with Gasteiger partial charge < -0.3 is 43.5 Å². The van der Waals surface area contributed by atoms with Crippen molar-refractivity contribution in [2.24, 2.45) is 0 Å². The number of carbonyl (C=O) groups is 7. The molecule has 16 heteroatoms. The minimum absolute atomic E-state index is 0.0652. The molecule has 1 atom stereocenters. The Morgan fingerprint density at radius 3 is 1.43 bits per heavy atom. The Labute approximate surface area is 350 Å². The molecule has 16 nitrogen and oxygen atoms in total. The predicted molar refractivity (Wildman–Crippen MR) is 216 cm³/mol. The number of esters is 4. The van der Waals surface area contributed by atoms with Gasteiger partial charge in [0.1, 0.15) is 19.8 Å². The van der Waals surface area contributed by atoms with E-state index in [9.17, 15) is 33.6 Å². The molecule has 0 fully saturated rings. The Bertz CT molecular complexity index is 1780. The van der Waals surface area contributed by atoms with Crippen molar-refractivity contribution in [2.75, 3.05) is 45.9 Å². The maximum absolute atomic E-state index is 13.2. The molecule has 3 aromatic carbocycles. The fraction of sp³-hybridized carbons (Fsp3) is 0.432. The second-order valence-corrected chi connectivity index (χ2v) is 13.6. The van der Waals surface area contributed by atoms with E-state index >= 15 is 0 Å². The second-order valence-electron chi connectivity index (χ2n) is 13.6. The number of hydrogen-bond donors (Lipinski definition) is 1. The minimum atomic E-state index is -1.20. The Morgan fingerprint density at radius 1 is 0.517 bits per heavy atom. The third-order valence-corrected chi connectivity index (χ3v) is 8.66. The van der Waals surface area contributed by atoms with Gasteiger partial charge >= 0.3 is 36.1 Å². The van der Waals surface area contributed by atoms with Crippen LogP contribution in [0.15, 0.2) is 91.0 Å². The van der Waals surface area contributed by atoms with Gasteiger partial charge in [0, 0.05) is 46.1 Å². The molecule has 0 heterocycles. The summed E-state index contributed by atoms with van der Waals surface area (Å²) in [6.45, 7) is 2.77. The summed E-state index contributed by atoms with van der Waals surface area (Å²) in [7, 11) is 0. The molecular weight excluding hydrogens is 778 g/mol. The summed E-state index contributed by atoms with van der Waals surface area (Å²) in [5, 5.41) is 2.65. The monoisotopic (exact) mass is 833 g/mol. The van der Waals surface area contributed by atoms with E-state index in [-0.39, 0.29) is 45.3 Å². The third kappa shape index (κ3) is 20.8. The van der Waals surface area contributed by atoms with Gasteiger partial charge in [-0.25, -0.2) is 19.2 Å². The fourth-order valence-corrected chi connectivity index (χ4v) is 5.45. The van der Waals surface area contributed by atoms with Crippen molar-refractivity contribution in [3.63, 3.8) is 0 Å². The van der Waals surface area contributed by atoms with Crippen molar-refractivity contribution in [1.29, 1.82) is 0 Å². The van der Waals surface area contributed by atoms with Gasteiger partial charge in [-0.2, -0.15) is 0 Å². The number of ether oxygens (including phenoxy) is 6. The summed E-state index contributed by atoms with van der Waals surface area (Å²) in [6.07, 6.45) is 0.423. The lowest BCUT2D eigenvalue weighted by Crippen LogP contribution is -2.39. The van der Waals surface area contributed by atoms with E-state index in [0.717, 1.165) is 23.6 Å². The van der Waals surface area contributed by atoms with Crippen LogP contribution in [0.1, 0.15) is 69.1 Å². The molecule has 0 saturated heterocycles. The van der Waals surface area contributed by atoms with Gasteiger partial charge in [0.15, 0.2) is 19.3 Å². The van der Waals surface area contributed by atoms with Crippen molar-refractivity contribution < 1.29 is 62.0 Å². The molecule has 1 unspecified atom stereocenters. The summed E-state index contributed by atoms with van der Waals surface area (Å²) >= 11 is 0. The third-order valence-electron chi connectivity index (χ3n) is 8.66.